The Labute approximate surface area is 133 Å². The van der Waals surface area contributed by atoms with E-state index in [1.807, 2.05) is 0 Å². The van der Waals surface area contributed by atoms with E-state index < -0.39 is 0 Å². The Hall–Kier alpha value is 0.811. The van der Waals surface area contributed by atoms with Crippen LogP contribution in [0.1, 0.15) is 41.5 Å². The third-order valence-electron chi connectivity index (χ3n) is 0. The van der Waals surface area contributed by atoms with Crippen molar-refractivity contribution in [1.29, 1.82) is 0 Å². The van der Waals surface area contributed by atoms with Crippen LogP contribution in [0.3, 0.4) is 0 Å². The Bertz CT molecular complexity index is 65.2. The topological polar surface area (TPSA) is 60.7 Å². The summed E-state index contributed by atoms with van der Waals surface area (Å²) in [6.45, 7) is 17.1. The van der Waals surface area contributed by atoms with Gasteiger partial charge in [-0.25, -0.2) is 0 Å². The van der Waals surface area contributed by atoms with Crippen LogP contribution in [-0.2, 0) is 21.7 Å². The second kappa shape index (κ2) is 30.7. The summed E-state index contributed by atoms with van der Waals surface area (Å²) in [7, 11) is 0.120. The summed E-state index contributed by atoms with van der Waals surface area (Å²) >= 11 is 0. The van der Waals surface area contributed by atoms with Gasteiger partial charge in [-0.3, -0.25) is 0 Å². The molecule has 5 heteroatoms. The molecule has 0 fully saturated rings. The second-order valence-corrected chi connectivity index (χ2v) is 7.78. The Morgan fingerprint density at radius 3 is 0.611 bits per heavy atom. The predicted octanol–water partition coefficient (Wildman–Crippen LogP) is 2.98. The van der Waals surface area contributed by atoms with Gasteiger partial charge in [-0.2, -0.15) is 0 Å². The van der Waals surface area contributed by atoms with Gasteiger partial charge in [0.2, 0.25) is 0 Å². The molecule has 0 saturated carbocycles. The molecule has 0 rings (SSSR count). The third kappa shape index (κ3) is 6390. The van der Waals surface area contributed by atoms with Crippen LogP contribution in [0.5, 0.6) is 0 Å². The maximum Gasteiger partial charge on any atom is 0.0483 e. The molecule has 115 valence electrons. The molecule has 0 unspecified atom stereocenters. The van der Waals surface area contributed by atoms with E-state index in [1.165, 1.54) is 0 Å². The minimum absolute atomic E-state index is 0. The van der Waals surface area contributed by atoms with Gasteiger partial charge in [-0.15, -0.1) is 0 Å². The van der Waals surface area contributed by atoms with Crippen LogP contribution in [0.2, 0.25) is 19.6 Å². The molecule has 0 bridgehead atoms. The smallest absolute Gasteiger partial charge is 0.0483 e. The number of hydrogen-bond acceptors (Lipinski definition) is 3. The van der Waals surface area contributed by atoms with Gasteiger partial charge in [0.15, 0.2) is 0 Å². The predicted molar refractivity (Wildman–Crippen MR) is 81.8 cm³/mol. The van der Waals surface area contributed by atoms with Crippen LogP contribution in [0, 0.1) is 7.43 Å². The number of aliphatic hydroxyl groups excluding tert-OH is 3. The summed E-state index contributed by atoms with van der Waals surface area (Å²) in [5.41, 5.74) is 0. The minimum atomic E-state index is -0.167. The van der Waals surface area contributed by atoms with E-state index in [2.05, 4.69) is 19.6 Å². The molecule has 0 aliphatic rings. The fourth-order valence-corrected chi connectivity index (χ4v) is 0. The van der Waals surface area contributed by atoms with Crippen molar-refractivity contribution >= 4 is 8.80 Å². The van der Waals surface area contributed by atoms with Gasteiger partial charge in [-0.05, 0) is 41.5 Å². The number of aliphatic hydroxyl groups is 3. The zero-order valence-electron chi connectivity index (χ0n) is 14.1. The Balaban J connectivity index is -0.0000000257. The molecule has 0 saturated heterocycles. The quantitative estimate of drug-likeness (QED) is 0.475. The molecule has 0 atom stereocenters. The van der Waals surface area contributed by atoms with Crippen molar-refractivity contribution < 1.29 is 37.0 Å². The molecule has 0 aromatic carbocycles. The van der Waals surface area contributed by atoms with Gasteiger partial charge in [-0.1, -0.05) is 19.6 Å². The van der Waals surface area contributed by atoms with Crippen LogP contribution in [0.25, 0.3) is 0 Å². The molecule has 0 aromatic rings. The zero-order chi connectivity index (χ0) is 14.3. The first-order valence-electron chi connectivity index (χ1n) is 5.74. The van der Waals surface area contributed by atoms with E-state index in [1.54, 1.807) is 41.5 Å². The van der Waals surface area contributed by atoms with Gasteiger partial charge in [0.1, 0.15) is 0 Å². The first-order chi connectivity index (χ1) is 6.93. The van der Waals surface area contributed by atoms with Crippen molar-refractivity contribution in [2.24, 2.45) is 0 Å². The van der Waals surface area contributed by atoms with E-state index in [4.69, 9.17) is 15.3 Å². The first kappa shape index (κ1) is 36.4. The monoisotopic (exact) mass is 316 g/mol. The van der Waals surface area contributed by atoms with E-state index in [0.29, 0.717) is 0 Å². The Morgan fingerprint density at radius 1 is 0.611 bits per heavy atom. The summed E-state index contributed by atoms with van der Waals surface area (Å²) in [4.78, 5) is 0. The molecular weight excluding hydrogens is 280 g/mol. The molecule has 3 N–H and O–H groups in total. The molecule has 3 nitrogen and oxygen atoms in total. The normalized spacial score (nSPS) is 8.00. The van der Waals surface area contributed by atoms with Gasteiger partial charge in [0, 0.05) is 48.8 Å². The van der Waals surface area contributed by atoms with Crippen molar-refractivity contribution in [3.63, 3.8) is 0 Å². The van der Waals surface area contributed by atoms with Crippen LogP contribution in [0.15, 0.2) is 0 Å². The zero-order valence-corrected chi connectivity index (χ0v) is 16.6. The van der Waals surface area contributed by atoms with Crippen molar-refractivity contribution in [2.45, 2.75) is 79.5 Å². The van der Waals surface area contributed by atoms with E-state index in [-0.39, 0.29) is 56.3 Å². The molecule has 0 amide bonds. The van der Waals surface area contributed by atoms with Crippen molar-refractivity contribution in [1.82, 2.24) is 0 Å². The molecule has 0 aliphatic carbocycles. The fourth-order valence-electron chi connectivity index (χ4n) is 0. The molecule has 1 radical (unpaired) electrons. The first-order valence-corrected chi connectivity index (χ1v) is 8.74. The van der Waals surface area contributed by atoms with Crippen molar-refractivity contribution in [3.8, 4) is 0 Å². The van der Waals surface area contributed by atoms with E-state index in [0.717, 1.165) is 0 Å². The molecule has 0 aliphatic heterocycles. The molecule has 18 heavy (non-hydrogen) atoms. The molecule has 0 aromatic heterocycles. The largest absolute Gasteiger partial charge is 0.394 e. The average molecular weight is 316 g/mol. The number of hydrogen-bond donors (Lipinski definition) is 3. The fraction of sp³-hybridized carbons (Fsp3) is 0.923. The van der Waals surface area contributed by atoms with Crippen molar-refractivity contribution in [2.75, 3.05) is 0 Å². The van der Waals surface area contributed by atoms with Crippen LogP contribution >= 0.6 is 0 Å². The molecular formula is C13H36O3SiTi-. The minimum Gasteiger partial charge on any atom is -0.394 e. The van der Waals surface area contributed by atoms with Crippen LogP contribution in [0.4, 0.5) is 0 Å². The average Bonchev–Trinajstić information content (AvgIpc) is 1.76. The maximum atomic E-state index is 8.06. The Morgan fingerprint density at radius 2 is 0.611 bits per heavy atom. The Kier molecular flexibility index (Phi) is 62.0. The standard InChI is InChI=1S/3C3H8O.C3H9Si.CH3.Ti/c3*1-3(2)4;1-4(2)3;;/h3*3-4H,1-2H3;1-3H3;1H3;/q;;;;-1;. The van der Waals surface area contributed by atoms with Gasteiger partial charge < -0.3 is 22.7 Å². The summed E-state index contributed by atoms with van der Waals surface area (Å²) in [6.07, 6.45) is -0.500. The van der Waals surface area contributed by atoms with Crippen molar-refractivity contribution in [3.05, 3.63) is 7.43 Å². The second-order valence-electron chi connectivity index (χ2n) is 4.78. The maximum absolute atomic E-state index is 8.06. The molecule has 0 spiro atoms. The summed E-state index contributed by atoms with van der Waals surface area (Å²) in [5, 5.41) is 24.2. The van der Waals surface area contributed by atoms with Crippen LogP contribution in [-0.4, -0.2) is 42.4 Å². The van der Waals surface area contributed by atoms with E-state index in [9.17, 15) is 0 Å². The molecule has 0 heterocycles. The number of rotatable bonds is 0. The SMILES string of the molecule is CC(C)O.CC(C)O.CC(C)O.C[Si](C)C.[CH3-].[Ti]. The van der Waals surface area contributed by atoms with Gasteiger partial charge >= 0.3 is 0 Å². The van der Waals surface area contributed by atoms with Crippen LogP contribution < -0.4 is 0 Å². The van der Waals surface area contributed by atoms with Gasteiger partial charge in [0.05, 0.1) is 0 Å². The summed E-state index contributed by atoms with van der Waals surface area (Å²) in [5.74, 6) is 0. The summed E-state index contributed by atoms with van der Waals surface area (Å²) < 4.78 is 0. The van der Waals surface area contributed by atoms with Gasteiger partial charge in [0.25, 0.3) is 0 Å². The third-order valence-corrected chi connectivity index (χ3v) is 0. The van der Waals surface area contributed by atoms with E-state index >= 15 is 0 Å². The summed E-state index contributed by atoms with van der Waals surface area (Å²) in [6, 6.07) is 0.